The van der Waals surface area contributed by atoms with Crippen LogP contribution in [0.3, 0.4) is 0 Å². The maximum Gasteiger partial charge on any atom is 0.326 e. The molecule has 162 valence electrons. The monoisotopic (exact) mass is 415 g/mol. The number of aliphatic carboxylic acids is 2. The van der Waals surface area contributed by atoms with E-state index in [0.717, 1.165) is 6.42 Å². The average Bonchev–Trinajstić information content (AvgIpc) is 3.16. The summed E-state index contributed by atoms with van der Waals surface area (Å²) in [7, 11) is 0. The third-order valence-electron chi connectivity index (χ3n) is 4.12. The van der Waals surface area contributed by atoms with E-state index in [9.17, 15) is 28.8 Å². The van der Waals surface area contributed by atoms with Crippen molar-refractivity contribution in [2.24, 2.45) is 5.73 Å². The molecule has 1 heterocycles. The fraction of sp³-hybridized carbons (Fsp3) is 0.625. The first-order valence-corrected chi connectivity index (χ1v) is 8.94. The SMILES string of the molecule is NC(=O)CCC(NC(=O)C1CCCN1)C(=O)NCC(=O)NC(CC(=O)O)C(=O)O. The zero-order valence-electron chi connectivity index (χ0n) is 15.6. The van der Waals surface area contributed by atoms with Crippen LogP contribution in [0.15, 0.2) is 0 Å². The summed E-state index contributed by atoms with van der Waals surface area (Å²) in [5, 5.41) is 27.2. The lowest BCUT2D eigenvalue weighted by Crippen LogP contribution is -2.53. The predicted molar refractivity (Wildman–Crippen MR) is 96.2 cm³/mol. The summed E-state index contributed by atoms with van der Waals surface area (Å²) in [6.45, 7) is 0.0182. The summed E-state index contributed by atoms with van der Waals surface area (Å²) in [4.78, 5) is 68.9. The van der Waals surface area contributed by atoms with Gasteiger partial charge in [-0.2, -0.15) is 0 Å². The summed E-state index contributed by atoms with van der Waals surface area (Å²) >= 11 is 0. The maximum atomic E-state index is 12.3. The number of hydrogen-bond acceptors (Lipinski definition) is 7. The van der Waals surface area contributed by atoms with Gasteiger partial charge in [-0.3, -0.25) is 24.0 Å². The normalized spacial score (nSPS) is 17.6. The van der Waals surface area contributed by atoms with Crippen molar-refractivity contribution in [3.63, 3.8) is 0 Å². The van der Waals surface area contributed by atoms with Crippen LogP contribution >= 0.6 is 0 Å². The van der Waals surface area contributed by atoms with E-state index in [2.05, 4.69) is 16.0 Å². The number of carboxylic acid groups (broad SMARTS) is 2. The van der Waals surface area contributed by atoms with Gasteiger partial charge in [0, 0.05) is 6.42 Å². The van der Waals surface area contributed by atoms with Crippen molar-refractivity contribution >= 4 is 35.6 Å². The average molecular weight is 415 g/mol. The number of amides is 4. The highest BCUT2D eigenvalue weighted by Gasteiger charge is 2.28. The maximum absolute atomic E-state index is 12.3. The zero-order valence-corrected chi connectivity index (χ0v) is 15.6. The van der Waals surface area contributed by atoms with E-state index in [0.29, 0.717) is 13.0 Å². The van der Waals surface area contributed by atoms with Gasteiger partial charge in [-0.25, -0.2) is 4.79 Å². The Morgan fingerprint density at radius 3 is 2.28 bits per heavy atom. The van der Waals surface area contributed by atoms with E-state index in [1.165, 1.54) is 0 Å². The fourth-order valence-corrected chi connectivity index (χ4v) is 2.65. The number of carbonyl (C=O) groups excluding carboxylic acids is 4. The second kappa shape index (κ2) is 11.6. The van der Waals surface area contributed by atoms with Crippen molar-refractivity contribution in [3.05, 3.63) is 0 Å². The third-order valence-corrected chi connectivity index (χ3v) is 4.12. The second-order valence-corrected chi connectivity index (χ2v) is 6.49. The molecule has 1 aliphatic heterocycles. The van der Waals surface area contributed by atoms with E-state index in [4.69, 9.17) is 15.9 Å². The molecule has 1 fully saturated rings. The van der Waals surface area contributed by atoms with Crippen molar-refractivity contribution in [3.8, 4) is 0 Å². The quantitative estimate of drug-likeness (QED) is 0.169. The standard InChI is InChI=1S/C16H25N5O8/c17-11(22)4-3-9(21-15(27)8-2-1-5-18-8)14(26)19-7-12(23)20-10(16(28)29)6-13(24)25/h8-10,18H,1-7H2,(H2,17,22)(H,19,26)(H,20,23)(H,21,27)(H,24,25)(H,28,29). The van der Waals surface area contributed by atoms with Crippen LogP contribution in [0.1, 0.15) is 32.1 Å². The first kappa shape index (κ1) is 23.8. The summed E-state index contributed by atoms with van der Waals surface area (Å²) in [6.07, 6.45) is 0.303. The molecule has 0 aromatic rings. The van der Waals surface area contributed by atoms with Crippen molar-refractivity contribution in [2.75, 3.05) is 13.1 Å². The van der Waals surface area contributed by atoms with Gasteiger partial charge < -0.3 is 37.2 Å². The molecule has 0 aliphatic carbocycles. The van der Waals surface area contributed by atoms with Crippen LogP contribution in [0.2, 0.25) is 0 Å². The second-order valence-electron chi connectivity index (χ2n) is 6.49. The van der Waals surface area contributed by atoms with Crippen molar-refractivity contribution in [1.29, 1.82) is 0 Å². The van der Waals surface area contributed by atoms with E-state index in [-0.39, 0.29) is 12.8 Å². The number of primary amides is 1. The minimum atomic E-state index is -1.66. The number of hydrogen-bond donors (Lipinski definition) is 7. The molecule has 0 radical (unpaired) electrons. The Balaban J connectivity index is 2.61. The number of carbonyl (C=O) groups is 6. The van der Waals surface area contributed by atoms with Gasteiger partial charge in [-0.05, 0) is 25.8 Å². The van der Waals surface area contributed by atoms with Crippen LogP contribution in [-0.2, 0) is 28.8 Å². The van der Waals surface area contributed by atoms with Gasteiger partial charge in [-0.15, -0.1) is 0 Å². The smallest absolute Gasteiger partial charge is 0.326 e. The number of rotatable bonds is 12. The number of nitrogens with two attached hydrogens (primary N) is 1. The van der Waals surface area contributed by atoms with Crippen LogP contribution in [0, 0.1) is 0 Å². The molecule has 0 aromatic carbocycles. The molecule has 0 saturated carbocycles. The zero-order chi connectivity index (χ0) is 22.0. The number of nitrogens with one attached hydrogen (secondary N) is 4. The Morgan fingerprint density at radius 2 is 1.76 bits per heavy atom. The summed E-state index contributed by atoms with van der Waals surface area (Å²) in [5.74, 6) is -5.75. The highest BCUT2D eigenvalue weighted by atomic mass is 16.4. The largest absolute Gasteiger partial charge is 0.481 e. The molecular weight excluding hydrogens is 390 g/mol. The summed E-state index contributed by atoms with van der Waals surface area (Å²) in [5.41, 5.74) is 5.08. The lowest BCUT2D eigenvalue weighted by molar-refractivity contribution is -0.147. The predicted octanol–water partition coefficient (Wildman–Crippen LogP) is -3.35. The third kappa shape index (κ3) is 9.01. The van der Waals surface area contributed by atoms with Crippen LogP contribution in [0.5, 0.6) is 0 Å². The molecule has 0 aromatic heterocycles. The molecule has 3 atom stereocenters. The minimum absolute atomic E-state index is 0.0853. The molecule has 8 N–H and O–H groups in total. The molecular formula is C16H25N5O8. The van der Waals surface area contributed by atoms with E-state index >= 15 is 0 Å². The molecule has 1 aliphatic rings. The van der Waals surface area contributed by atoms with Crippen LogP contribution < -0.4 is 27.0 Å². The molecule has 1 saturated heterocycles. The van der Waals surface area contributed by atoms with Gasteiger partial charge in [0.1, 0.15) is 12.1 Å². The van der Waals surface area contributed by atoms with E-state index < -0.39 is 66.7 Å². The van der Waals surface area contributed by atoms with Gasteiger partial charge >= 0.3 is 11.9 Å². The van der Waals surface area contributed by atoms with Gasteiger partial charge in [0.05, 0.1) is 19.0 Å². The first-order chi connectivity index (χ1) is 13.6. The Hall–Kier alpha value is -3.22. The summed E-state index contributed by atoms with van der Waals surface area (Å²) in [6, 6.07) is -3.25. The molecule has 29 heavy (non-hydrogen) atoms. The Morgan fingerprint density at radius 1 is 1.07 bits per heavy atom. The molecule has 4 amide bonds. The lowest BCUT2D eigenvalue weighted by Gasteiger charge is -2.20. The molecule has 13 nitrogen and oxygen atoms in total. The van der Waals surface area contributed by atoms with Gasteiger partial charge in [0.2, 0.25) is 23.6 Å². The molecule has 0 spiro atoms. The Kier molecular flexibility index (Phi) is 9.51. The highest BCUT2D eigenvalue weighted by Crippen LogP contribution is 2.06. The van der Waals surface area contributed by atoms with Crippen molar-refractivity contribution < 1.29 is 39.0 Å². The minimum Gasteiger partial charge on any atom is -0.481 e. The van der Waals surface area contributed by atoms with Crippen molar-refractivity contribution in [1.82, 2.24) is 21.3 Å². The van der Waals surface area contributed by atoms with E-state index in [1.807, 2.05) is 5.32 Å². The van der Waals surface area contributed by atoms with Crippen LogP contribution in [0.4, 0.5) is 0 Å². The van der Waals surface area contributed by atoms with Gasteiger partial charge in [0.15, 0.2) is 0 Å². The van der Waals surface area contributed by atoms with Gasteiger partial charge in [-0.1, -0.05) is 0 Å². The van der Waals surface area contributed by atoms with E-state index in [1.54, 1.807) is 0 Å². The Bertz CT molecular complexity index is 662. The van der Waals surface area contributed by atoms with Crippen LogP contribution in [-0.4, -0.2) is 77.0 Å². The Labute approximate surface area is 165 Å². The molecule has 3 unspecified atom stereocenters. The number of carboxylic acids is 2. The fourth-order valence-electron chi connectivity index (χ4n) is 2.65. The van der Waals surface area contributed by atoms with Crippen molar-refractivity contribution in [2.45, 2.75) is 50.2 Å². The molecule has 13 heteroatoms. The molecule has 0 bridgehead atoms. The molecule has 1 rings (SSSR count). The topological polar surface area (TPSA) is 217 Å². The first-order valence-electron chi connectivity index (χ1n) is 8.94. The van der Waals surface area contributed by atoms with Gasteiger partial charge in [0.25, 0.3) is 0 Å². The summed E-state index contributed by atoms with van der Waals surface area (Å²) < 4.78 is 0. The highest BCUT2D eigenvalue weighted by molar-refractivity contribution is 5.93. The lowest BCUT2D eigenvalue weighted by atomic mass is 10.1. The van der Waals surface area contributed by atoms with Crippen LogP contribution in [0.25, 0.3) is 0 Å².